The van der Waals surface area contributed by atoms with Crippen molar-refractivity contribution in [1.82, 2.24) is 10.6 Å². The van der Waals surface area contributed by atoms with E-state index in [1.165, 1.54) is 12.1 Å². The SMILES string of the molecule is CCNC(=NCC1(CCO)CCOC1)NCC1(c2ccc(F)cc2)CCOCC1.I. The van der Waals surface area contributed by atoms with Crippen molar-refractivity contribution in [2.75, 3.05) is 52.7 Å². The van der Waals surface area contributed by atoms with Gasteiger partial charge in [0.25, 0.3) is 0 Å². The summed E-state index contributed by atoms with van der Waals surface area (Å²) < 4.78 is 24.6. The van der Waals surface area contributed by atoms with Crippen LogP contribution in [-0.4, -0.2) is 63.7 Å². The number of aliphatic hydroxyl groups excluding tert-OH is 1. The molecule has 3 N–H and O–H groups in total. The quantitative estimate of drug-likeness (QED) is 0.271. The second-order valence-corrected chi connectivity index (χ2v) is 8.22. The zero-order valence-electron chi connectivity index (χ0n) is 17.8. The van der Waals surface area contributed by atoms with Crippen molar-refractivity contribution < 1.29 is 19.0 Å². The number of ether oxygens (including phenoxy) is 2. The van der Waals surface area contributed by atoms with E-state index in [9.17, 15) is 9.50 Å². The van der Waals surface area contributed by atoms with Gasteiger partial charge in [-0.05, 0) is 50.3 Å². The average molecular weight is 535 g/mol. The Labute approximate surface area is 196 Å². The highest BCUT2D eigenvalue weighted by molar-refractivity contribution is 14.0. The van der Waals surface area contributed by atoms with Gasteiger partial charge in [0.15, 0.2) is 5.96 Å². The summed E-state index contributed by atoms with van der Waals surface area (Å²) in [6.45, 7) is 7.06. The Morgan fingerprint density at radius 3 is 2.40 bits per heavy atom. The number of benzene rings is 1. The molecule has 0 aromatic heterocycles. The van der Waals surface area contributed by atoms with Crippen molar-refractivity contribution in [1.29, 1.82) is 0 Å². The summed E-state index contributed by atoms with van der Waals surface area (Å²) in [4.78, 5) is 4.82. The minimum absolute atomic E-state index is 0. The van der Waals surface area contributed by atoms with Crippen LogP contribution in [0.4, 0.5) is 4.39 Å². The molecule has 2 saturated heterocycles. The molecule has 30 heavy (non-hydrogen) atoms. The van der Waals surface area contributed by atoms with E-state index < -0.39 is 0 Å². The van der Waals surface area contributed by atoms with E-state index in [1.807, 2.05) is 19.1 Å². The molecule has 1 unspecified atom stereocenters. The maximum atomic E-state index is 13.4. The van der Waals surface area contributed by atoms with E-state index >= 15 is 0 Å². The third-order valence-electron chi connectivity index (χ3n) is 6.24. The number of hydrogen-bond acceptors (Lipinski definition) is 4. The molecule has 0 saturated carbocycles. The summed E-state index contributed by atoms with van der Waals surface area (Å²) >= 11 is 0. The zero-order valence-corrected chi connectivity index (χ0v) is 20.1. The molecule has 1 atom stereocenters. The molecule has 0 aliphatic carbocycles. The molecule has 2 aliphatic heterocycles. The van der Waals surface area contributed by atoms with E-state index in [0.717, 1.165) is 43.9 Å². The number of guanidine groups is 1. The van der Waals surface area contributed by atoms with Crippen molar-refractivity contribution in [3.63, 3.8) is 0 Å². The summed E-state index contributed by atoms with van der Waals surface area (Å²) in [7, 11) is 0. The lowest BCUT2D eigenvalue weighted by Crippen LogP contribution is -2.48. The third-order valence-corrected chi connectivity index (χ3v) is 6.24. The van der Waals surface area contributed by atoms with Gasteiger partial charge in [-0.3, -0.25) is 4.99 Å². The van der Waals surface area contributed by atoms with Crippen molar-refractivity contribution in [3.8, 4) is 0 Å². The van der Waals surface area contributed by atoms with Gasteiger partial charge in [-0.1, -0.05) is 12.1 Å². The van der Waals surface area contributed by atoms with Crippen molar-refractivity contribution in [2.24, 2.45) is 10.4 Å². The number of aliphatic hydroxyl groups is 1. The van der Waals surface area contributed by atoms with Crippen LogP contribution in [0.5, 0.6) is 0 Å². The van der Waals surface area contributed by atoms with Gasteiger partial charge in [0, 0.05) is 50.3 Å². The predicted octanol–water partition coefficient (Wildman–Crippen LogP) is 2.84. The summed E-state index contributed by atoms with van der Waals surface area (Å²) in [5.41, 5.74) is 0.942. The Kier molecular flexibility index (Phi) is 10.3. The molecule has 3 rings (SSSR count). The lowest BCUT2D eigenvalue weighted by Gasteiger charge is -2.38. The molecule has 2 heterocycles. The van der Waals surface area contributed by atoms with Gasteiger partial charge < -0.3 is 25.2 Å². The molecule has 8 heteroatoms. The number of nitrogens with zero attached hydrogens (tertiary/aromatic N) is 1. The molecule has 1 aromatic carbocycles. The second-order valence-electron chi connectivity index (χ2n) is 8.22. The maximum Gasteiger partial charge on any atom is 0.191 e. The summed E-state index contributed by atoms with van der Waals surface area (Å²) in [6.07, 6.45) is 3.39. The predicted molar refractivity (Wildman–Crippen MR) is 127 cm³/mol. The highest BCUT2D eigenvalue weighted by atomic mass is 127. The van der Waals surface area contributed by atoms with Gasteiger partial charge in [-0.15, -0.1) is 24.0 Å². The molecular formula is C22H35FIN3O3. The number of aliphatic imine (C=N–C) groups is 1. The van der Waals surface area contributed by atoms with Gasteiger partial charge in [0.05, 0.1) is 13.2 Å². The van der Waals surface area contributed by atoms with Gasteiger partial charge in [0.1, 0.15) is 5.82 Å². The van der Waals surface area contributed by atoms with Crippen molar-refractivity contribution in [2.45, 2.75) is 38.0 Å². The summed E-state index contributed by atoms with van der Waals surface area (Å²) in [6, 6.07) is 6.84. The Bertz CT molecular complexity index is 660. The van der Waals surface area contributed by atoms with Gasteiger partial charge >= 0.3 is 0 Å². The van der Waals surface area contributed by atoms with Crippen molar-refractivity contribution >= 4 is 29.9 Å². The standard InChI is InChI=1S/C22H34FN3O3.HI/c1-2-24-20(25-15-21(7-11-27)8-12-29-17-21)26-16-22(9-13-28-14-10-22)18-3-5-19(23)6-4-18;/h3-6,27H,2,7-17H2,1H3,(H2,24,25,26);1H. The second kappa shape index (κ2) is 12.2. The Morgan fingerprint density at radius 2 is 1.80 bits per heavy atom. The molecule has 0 radical (unpaired) electrons. The first-order chi connectivity index (χ1) is 14.1. The Hall–Kier alpha value is -0.970. The van der Waals surface area contributed by atoms with Gasteiger partial charge in [-0.2, -0.15) is 0 Å². The smallest absolute Gasteiger partial charge is 0.191 e. The summed E-state index contributed by atoms with van der Waals surface area (Å²) in [5, 5.41) is 16.3. The fourth-order valence-electron chi connectivity index (χ4n) is 4.26. The van der Waals surface area contributed by atoms with Crippen molar-refractivity contribution in [3.05, 3.63) is 35.6 Å². The van der Waals surface area contributed by atoms with Gasteiger partial charge in [0.2, 0.25) is 0 Å². The van der Waals surface area contributed by atoms with E-state index in [4.69, 9.17) is 14.5 Å². The fourth-order valence-corrected chi connectivity index (χ4v) is 4.26. The fraction of sp³-hybridized carbons (Fsp3) is 0.682. The molecule has 2 fully saturated rings. The lowest BCUT2D eigenvalue weighted by molar-refractivity contribution is 0.0513. The minimum atomic E-state index is -0.216. The molecule has 0 amide bonds. The van der Waals surface area contributed by atoms with E-state index in [-0.39, 0.29) is 47.2 Å². The van der Waals surface area contributed by atoms with Gasteiger partial charge in [-0.25, -0.2) is 4.39 Å². The van der Waals surface area contributed by atoms with Crippen LogP contribution in [0, 0.1) is 11.2 Å². The van der Waals surface area contributed by atoms with Crippen LogP contribution in [0.1, 0.15) is 38.2 Å². The highest BCUT2D eigenvalue weighted by Crippen LogP contribution is 2.35. The largest absolute Gasteiger partial charge is 0.396 e. The van der Waals surface area contributed by atoms with Crippen LogP contribution in [0.3, 0.4) is 0 Å². The molecular weight excluding hydrogens is 500 g/mol. The molecule has 6 nitrogen and oxygen atoms in total. The lowest BCUT2D eigenvalue weighted by atomic mass is 9.74. The molecule has 0 bridgehead atoms. The van der Waals surface area contributed by atoms with E-state index in [2.05, 4.69) is 10.6 Å². The van der Waals surface area contributed by atoms with E-state index in [0.29, 0.717) is 39.3 Å². The minimum Gasteiger partial charge on any atom is -0.396 e. The number of hydrogen-bond donors (Lipinski definition) is 3. The Morgan fingerprint density at radius 1 is 1.10 bits per heavy atom. The summed E-state index contributed by atoms with van der Waals surface area (Å²) in [5.74, 6) is 0.552. The van der Waals surface area contributed by atoms with Crippen LogP contribution < -0.4 is 10.6 Å². The normalized spacial score (nSPS) is 23.6. The molecule has 2 aliphatic rings. The van der Waals surface area contributed by atoms with Crippen LogP contribution in [0.25, 0.3) is 0 Å². The maximum absolute atomic E-state index is 13.4. The number of rotatable bonds is 8. The van der Waals surface area contributed by atoms with E-state index in [1.54, 1.807) is 0 Å². The first-order valence-electron chi connectivity index (χ1n) is 10.7. The average Bonchev–Trinajstić information content (AvgIpc) is 3.20. The van der Waals surface area contributed by atoms with Crippen LogP contribution >= 0.6 is 24.0 Å². The number of nitrogens with one attached hydrogen (secondary N) is 2. The first kappa shape index (κ1) is 25.3. The third kappa shape index (κ3) is 6.51. The monoisotopic (exact) mass is 535 g/mol. The topological polar surface area (TPSA) is 75.1 Å². The first-order valence-corrected chi connectivity index (χ1v) is 10.7. The highest BCUT2D eigenvalue weighted by Gasteiger charge is 2.36. The van der Waals surface area contributed by atoms with Crippen LogP contribution in [-0.2, 0) is 14.9 Å². The Balaban J connectivity index is 0.00000320. The molecule has 1 aromatic rings. The van der Waals surface area contributed by atoms with Crippen LogP contribution in [0.2, 0.25) is 0 Å². The number of halogens is 2. The molecule has 170 valence electrons. The molecule has 0 spiro atoms. The van der Waals surface area contributed by atoms with Crippen LogP contribution in [0.15, 0.2) is 29.3 Å². The zero-order chi connectivity index (χ0) is 20.6.